The molecule has 0 bridgehead atoms. The molecule has 7 nitrogen and oxygen atoms in total. The van der Waals surface area contributed by atoms with Gasteiger partial charge in [-0.2, -0.15) is 0 Å². The predicted octanol–water partition coefficient (Wildman–Crippen LogP) is 2.10. The normalized spacial score (nSPS) is 12.4. The Hall–Kier alpha value is -2.71. The van der Waals surface area contributed by atoms with E-state index in [0.29, 0.717) is 12.0 Å². The lowest BCUT2D eigenvalue weighted by atomic mass is 10.0. The van der Waals surface area contributed by atoms with Crippen LogP contribution in [0.4, 0.5) is 0 Å². The summed E-state index contributed by atoms with van der Waals surface area (Å²) >= 11 is 0. The molecular formula is C19H22N2O5S. The van der Waals surface area contributed by atoms with Crippen LogP contribution in [-0.4, -0.2) is 32.4 Å². The first-order valence-electron chi connectivity index (χ1n) is 8.38. The van der Waals surface area contributed by atoms with Gasteiger partial charge in [-0.15, -0.1) is 0 Å². The Balaban J connectivity index is 1.97. The lowest BCUT2D eigenvalue weighted by Gasteiger charge is -2.15. The van der Waals surface area contributed by atoms with E-state index < -0.39 is 16.0 Å². The van der Waals surface area contributed by atoms with Crippen molar-refractivity contribution >= 4 is 21.9 Å². The fraction of sp³-hybridized carbons (Fsp3) is 0.263. The summed E-state index contributed by atoms with van der Waals surface area (Å²) in [6, 6.07) is 12.5. The summed E-state index contributed by atoms with van der Waals surface area (Å²) in [7, 11) is -2.16. The SMILES string of the molecule is CNS(=O)(=O)c1ccc(C(C)NC(=O)CCc2ccccc2C(=O)O)cc1. The molecule has 2 aromatic carbocycles. The van der Waals surface area contributed by atoms with Crippen molar-refractivity contribution in [3.05, 3.63) is 65.2 Å². The van der Waals surface area contributed by atoms with Crippen molar-refractivity contribution in [2.24, 2.45) is 0 Å². The minimum Gasteiger partial charge on any atom is -0.478 e. The number of hydrogen-bond donors (Lipinski definition) is 3. The van der Waals surface area contributed by atoms with Crippen molar-refractivity contribution in [1.82, 2.24) is 10.0 Å². The lowest BCUT2D eigenvalue weighted by molar-refractivity contribution is -0.121. The number of aromatic carboxylic acids is 1. The van der Waals surface area contributed by atoms with E-state index in [1.165, 1.54) is 25.2 Å². The molecule has 1 amide bonds. The summed E-state index contributed by atoms with van der Waals surface area (Å²) in [4.78, 5) is 23.5. The molecule has 2 aromatic rings. The molecule has 8 heteroatoms. The first-order chi connectivity index (χ1) is 12.7. The molecule has 2 rings (SSSR count). The Morgan fingerprint density at radius 3 is 2.30 bits per heavy atom. The van der Waals surface area contributed by atoms with Gasteiger partial charge in [-0.25, -0.2) is 17.9 Å². The molecule has 1 unspecified atom stereocenters. The van der Waals surface area contributed by atoms with E-state index in [1.54, 1.807) is 37.3 Å². The third-order valence-corrected chi connectivity index (χ3v) is 5.64. The van der Waals surface area contributed by atoms with E-state index >= 15 is 0 Å². The molecule has 0 aliphatic heterocycles. The molecule has 0 fully saturated rings. The van der Waals surface area contributed by atoms with Crippen molar-refractivity contribution in [1.29, 1.82) is 0 Å². The van der Waals surface area contributed by atoms with Gasteiger partial charge < -0.3 is 10.4 Å². The second kappa shape index (κ2) is 8.79. The summed E-state index contributed by atoms with van der Waals surface area (Å²) in [5, 5.41) is 12.0. The average Bonchev–Trinajstić information content (AvgIpc) is 2.66. The number of nitrogens with one attached hydrogen (secondary N) is 2. The first kappa shape index (κ1) is 20.6. The Morgan fingerprint density at radius 2 is 1.70 bits per heavy atom. The number of aryl methyl sites for hydroxylation is 1. The highest BCUT2D eigenvalue weighted by molar-refractivity contribution is 7.89. The minimum atomic E-state index is -3.50. The molecule has 0 saturated carbocycles. The van der Waals surface area contributed by atoms with Crippen LogP contribution in [0.2, 0.25) is 0 Å². The van der Waals surface area contributed by atoms with E-state index in [-0.39, 0.29) is 28.8 Å². The molecule has 3 N–H and O–H groups in total. The number of carbonyl (C=O) groups excluding carboxylic acids is 1. The molecule has 0 saturated heterocycles. The smallest absolute Gasteiger partial charge is 0.335 e. The van der Waals surface area contributed by atoms with Gasteiger partial charge in [-0.1, -0.05) is 30.3 Å². The summed E-state index contributed by atoms with van der Waals surface area (Å²) < 4.78 is 25.7. The largest absolute Gasteiger partial charge is 0.478 e. The number of carboxylic acids is 1. The topological polar surface area (TPSA) is 113 Å². The third kappa shape index (κ3) is 5.38. The number of carbonyl (C=O) groups is 2. The quantitative estimate of drug-likeness (QED) is 0.639. The molecular weight excluding hydrogens is 368 g/mol. The van der Waals surface area contributed by atoms with E-state index in [2.05, 4.69) is 10.0 Å². The van der Waals surface area contributed by atoms with Crippen molar-refractivity contribution in [2.75, 3.05) is 7.05 Å². The number of carboxylic acid groups (broad SMARTS) is 1. The van der Waals surface area contributed by atoms with Gasteiger partial charge in [0, 0.05) is 6.42 Å². The first-order valence-corrected chi connectivity index (χ1v) is 9.87. The summed E-state index contributed by atoms with van der Waals surface area (Å²) in [5.74, 6) is -1.23. The average molecular weight is 390 g/mol. The second-order valence-electron chi connectivity index (χ2n) is 6.03. The minimum absolute atomic E-state index is 0.151. The number of rotatable bonds is 8. The van der Waals surface area contributed by atoms with Gasteiger partial charge >= 0.3 is 5.97 Å². The van der Waals surface area contributed by atoms with E-state index in [9.17, 15) is 23.1 Å². The summed E-state index contributed by atoms with van der Waals surface area (Å²) in [6.45, 7) is 1.80. The molecule has 144 valence electrons. The van der Waals surface area contributed by atoms with Gasteiger partial charge in [0.25, 0.3) is 0 Å². The zero-order valence-corrected chi connectivity index (χ0v) is 15.9. The molecule has 0 aliphatic rings. The van der Waals surface area contributed by atoms with Crippen LogP contribution in [-0.2, 0) is 21.2 Å². The maximum atomic E-state index is 12.2. The number of sulfonamides is 1. The van der Waals surface area contributed by atoms with Crippen LogP contribution in [0.25, 0.3) is 0 Å². The van der Waals surface area contributed by atoms with E-state index in [1.807, 2.05) is 0 Å². The number of hydrogen-bond acceptors (Lipinski definition) is 4. The van der Waals surface area contributed by atoms with Crippen molar-refractivity contribution in [3.63, 3.8) is 0 Å². The molecule has 0 radical (unpaired) electrons. The highest BCUT2D eigenvalue weighted by atomic mass is 32.2. The third-order valence-electron chi connectivity index (χ3n) is 4.21. The fourth-order valence-electron chi connectivity index (χ4n) is 2.65. The van der Waals surface area contributed by atoms with Crippen LogP contribution in [0.3, 0.4) is 0 Å². The maximum absolute atomic E-state index is 12.2. The Morgan fingerprint density at radius 1 is 1.07 bits per heavy atom. The molecule has 0 aromatic heterocycles. The van der Waals surface area contributed by atoms with Crippen LogP contribution >= 0.6 is 0 Å². The molecule has 0 spiro atoms. The standard InChI is InChI=1S/C19H22N2O5S/c1-13(14-7-10-16(11-8-14)27(25,26)20-2)21-18(22)12-9-15-5-3-4-6-17(15)19(23)24/h3-8,10-11,13,20H,9,12H2,1-2H3,(H,21,22)(H,23,24). The molecule has 1 atom stereocenters. The van der Waals surface area contributed by atoms with Crippen LogP contribution in [0, 0.1) is 0 Å². The molecule has 0 aliphatic carbocycles. The van der Waals surface area contributed by atoms with Crippen molar-refractivity contribution in [2.45, 2.75) is 30.7 Å². The predicted molar refractivity (Wildman–Crippen MR) is 101 cm³/mol. The molecule has 0 heterocycles. The van der Waals surface area contributed by atoms with Crippen LogP contribution in [0.15, 0.2) is 53.4 Å². The van der Waals surface area contributed by atoms with E-state index in [0.717, 1.165) is 5.56 Å². The van der Waals surface area contributed by atoms with Crippen molar-refractivity contribution < 1.29 is 23.1 Å². The molecule has 27 heavy (non-hydrogen) atoms. The van der Waals surface area contributed by atoms with Gasteiger partial charge in [-0.05, 0) is 49.7 Å². The summed E-state index contributed by atoms with van der Waals surface area (Å²) in [6.07, 6.45) is 0.473. The van der Waals surface area contributed by atoms with Crippen LogP contribution in [0.5, 0.6) is 0 Å². The Labute approximate surface area is 158 Å². The van der Waals surface area contributed by atoms with Crippen molar-refractivity contribution in [3.8, 4) is 0 Å². The number of amides is 1. The number of benzene rings is 2. The maximum Gasteiger partial charge on any atom is 0.335 e. The van der Waals surface area contributed by atoms with Gasteiger partial charge in [-0.3, -0.25) is 4.79 Å². The summed E-state index contributed by atoms with van der Waals surface area (Å²) in [5.41, 5.74) is 1.57. The zero-order chi connectivity index (χ0) is 20.0. The van der Waals surface area contributed by atoms with Gasteiger partial charge in [0.2, 0.25) is 15.9 Å². The Kier molecular flexibility index (Phi) is 6.70. The van der Waals surface area contributed by atoms with Crippen LogP contribution < -0.4 is 10.0 Å². The monoisotopic (exact) mass is 390 g/mol. The highest BCUT2D eigenvalue weighted by Gasteiger charge is 2.15. The van der Waals surface area contributed by atoms with Crippen LogP contribution in [0.1, 0.15) is 40.9 Å². The van der Waals surface area contributed by atoms with Gasteiger partial charge in [0.1, 0.15) is 0 Å². The lowest BCUT2D eigenvalue weighted by Crippen LogP contribution is -2.27. The van der Waals surface area contributed by atoms with Gasteiger partial charge in [0.15, 0.2) is 0 Å². The second-order valence-corrected chi connectivity index (χ2v) is 7.91. The highest BCUT2D eigenvalue weighted by Crippen LogP contribution is 2.17. The van der Waals surface area contributed by atoms with E-state index in [4.69, 9.17) is 0 Å². The Bertz CT molecular complexity index is 923. The zero-order valence-electron chi connectivity index (χ0n) is 15.1. The van der Waals surface area contributed by atoms with Gasteiger partial charge in [0.05, 0.1) is 16.5 Å². The fourth-order valence-corrected chi connectivity index (χ4v) is 3.38.